The molecule has 0 atom stereocenters. The van der Waals surface area contributed by atoms with Gasteiger partial charge in [-0.2, -0.15) is 0 Å². The Labute approximate surface area is 156 Å². The average Bonchev–Trinajstić information content (AvgIpc) is 2.62. The van der Waals surface area contributed by atoms with Crippen LogP contribution in [0.1, 0.15) is 29.8 Å². The minimum Gasteiger partial charge on any atom is -0.490 e. The number of sulfonamides is 1. The zero-order valence-electron chi connectivity index (χ0n) is 14.9. The lowest BCUT2D eigenvalue weighted by molar-refractivity contribution is 0.0696. The van der Waals surface area contributed by atoms with Gasteiger partial charge in [-0.05, 0) is 49.7 Å². The molecule has 0 aliphatic rings. The molecule has 2 aromatic rings. The van der Waals surface area contributed by atoms with Gasteiger partial charge < -0.3 is 14.6 Å². The highest BCUT2D eigenvalue weighted by Crippen LogP contribution is 2.28. The van der Waals surface area contributed by atoms with Gasteiger partial charge in [-0.3, -0.25) is 0 Å². The highest BCUT2D eigenvalue weighted by molar-refractivity contribution is 7.89. The molecule has 0 saturated carbocycles. The fourth-order valence-electron chi connectivity index (χ4n) is 2.30. The van der Waals surface area contributed by atoms with E-state index in [1.807, 2.05) is 13.8 Å². The molecule has 0 fully saturated rings. The van der Waals surface area contributed by atoms with E-state index in [4.69, 9.17) is 14.6 Å². The van der Waals surface area contributed by atoms with Crippen molar-refractivity contribution < 1.29 is 32.2 Å². The molecule has 2 N–H and O–H groups in total. The Morgan fingerprint density at radius 3 is 2.37 bits per heavy atom. The Balaban J connectivity index is 2.24. The third kappa shape index (κ3) is 5.18. The second-order valence-electron chi connectivity index (χ2n) is 5.42. The third-order valence-corrected chi connectivity index (χ3v) is 4.96. The van der Waals surface area contributed by atoms with Crippen LogP contribution in [0.15, 0.2) is 41.3 Å². The molecule has 7 nitrogen and oxygen atoms in total. The second kappa shape index (κ2) is 8.83. The van der Waals surface area contributed by atoms with E-state index in [1.54, 1.807) is 18.2 Å². The molecule has 0 aliphatic heterocycles. The molecule has 0 unspecified atom stereocenters. The van der Waals surface area contributed by atoms with Crippen LogP contribution in [0.4, 0.5) is 4.39 Å². The molecule has 0 saturated heterocycles. The molecule has 0 amide bonds. The zero-order valence-corrected chi connectivity index (χ0v) is 15.7. The first-order chi connectivity index (χ1) is 12.8. The summed E-state index contributed by atoms with van der Waals surface area (Å²) in [5.41, 5.74) is 0.247. The quantitative estimate of drug-likeness (QED) is 0.675. The predicted octanol–water partition coefficient (Wildman–Crippen LogP) is 2.80. The van der Waals surface area contributed by atoms with Crippen LogP contribution >= 0.6 is 0 Å². The average molecular weight is 397 g/mol. The summed E-state index contributed by atoms with van der Waals surface area (Å²) in [5, 5.41) is 8.96. The van der Waals surface area contributed by atoms with Crippen LogP contribution in [-0.2, 0) is 16.6 Å². The molecule has 0 heterocycles. The van der Waals surface area contributed by atoms with Gasteiger partial charge in [0.25, 0.3) is 0 Å². The Hall–Kier alpha value is -2.65. The van der Waals surface area contributed by atoms with E-state index in [9.17, 15) is 17.6 Å². The van der Waals surface area contributed by atoms with E-state index in [0.717, 1.165) is 18.2 Å². The number of aromatic carboxylic acids is 1. The lowest BCUT2D eigenvalue weighted by atomic mass is 10.2. The number of carboxylic acid groups (broad SMARTS) is 1. The van der Waals surface area contributed by atoms with Crippen molar-refractivity contribution in [2.75, 3.05) is 13.2 Å². The first-order valence-corrected chi connectivity index (χ1v) is 9.67. The summed E-state index contributed by atoms with van der Waals surface area (Å²) < 4.78 is 51.9. The van der Waals surface area contributed by atoms with E-state index in [0.29, 0.717) is 30.3 Å². The molecule has 2 rings (SSSR count). The van der Waals surface area contributed by atoms with Crippen LogP contribution in [0.2, 0.25) is 0 Å². The predicted molar refractivity (Wildman–Crippen MR) is 96.2 cm³/mol. The van der Waals surface area contributed by atoms with E-state index in [2.05, 4.69) is 4.72 Å². The van der Waals surface area contributed by atoms with Crippen molar-refractivity contribution in [3.05, 3.63) is 53.3 Å². The maximum absolute atomic E-state index is 13.9. The number of hydrogen-bond donors (Lipinski definition) is 2. The van der Waals surface area contributed by atoms with Crippen LogP contribution in [0, 0.1) is 5.82 Å². The van der Waals surface area contributed by atoms with Crippen molar-refractivity contribution in [1.29, 1.82) is 0 Å². The molecular formula is C18H20FNO6S. The summed E-state index contributed by atoms with van der Waals surface area (Å²) in [4.78, 5) is 10.3. The first kappa shape index (κ1) is 20.7. The van der Waals surface area contributed by atoms with Crippen molar-refractivity contribution in [2.45, 2.75) is 25.3 Å². The summed E-state index contributed by atoms with van der Waals surface area (Å²) in [6.45, 7) is 4.36. The van der Waals surface area contributed by atoms with Crippen molar-refractivity contribution in [3.63, 3.8) is 0 Å². The number of halogens is 1. The number of hydrogen-bond acceptors (Lipinski definition) is 5. The molecule has 0 aliphatic carbocycles. The Kier molecular flexibility index (Phi) is 6.75. The maximum Gasteiger partial charge on any atom is 0.335 e. The van der Waals surface area contributed by atoms with Gasteiger partial charge in [0.15, 0.2) is 11.5 Å². The van der Waals surface area contributed by atoms with Crippen LogP contribution in [-0.4, -0.2) is 32.7 Å². The topological polar surface area (TPSA) is 102 Å². The number of carbonyl (C=O) groups is 1. The molecule has 9 heteroatoms. The maximum atomic E-state index is 13.9. The third-order valence-electron chi connectivity index (χ3n) is 3.54. The van der Waals surface area contributed by atoms with Gasteiger partial charge in [0.1, 0.15) is 10.7 Å². The van der Waals surface area contributed by atoms with E-state index in [-0.39, 0.29) is 12.1 Å². The van der Waals surface area contributed by atoms with Gasteiger partial charge in [0, 0.05) is 6.54 Å². The van der Waals surface area contributed by atoms with Crippen LogP contribution < -0.4 is 14.2 Å². The van der Waals surface area contributed by atoms with Crippen LogP contribution in [0.25, 0.3) is 0 Å². The molecule has 146 valence electrons. The minimum absolute atomic E-state index is 0.133. The van der Waals surface area contributed by atoms with Crippen LogP contribution in [0.5, 0.6) is 11.5 Å². The Bertz CT molecular complexity index is 929. The molecule has 0 bridgehead atoms. The Morgan fingerprint density at radius 1 is 1.07 bits per heavy atom. The fourth-order valence-corrected chi connectivity index (χ4v) is 3.42. The van der Waals surface area contributed by atoms with Gasteiger partial charge >= 0.3 is 5.97 Å². The highest BCUT2D eigenvalue weighted by Gasteiger charge is 2.21. The van der Waals surface area contributed by atoms with E-state index < -0.39 is 26.7 Å². The molecule has 0 spiro atoms. The smallest absolute Gasteiger partial charge is 0.335 e. The molecular weight excluding hydrogens is 377 g/mol. The minimum atomic E-state index is -4.25. The van der Waals surface area contributed by atoms with Gasteiger partial charge in [-0.25, -0.2) is 22.3 Å². The second-order valence-corrected chi connectivity index (χ2v) is 7.16. The summed E-state index contributed by atoms with van der Waals surface area (Å²) in [5.74, 6) is -1.38. The van der Waals surface area contributed by atoms with E-state index >= 15 is 0 Å². The first-order valence-electron chi connectivity index (χ1n) is 8.19. The zero-order chi connectivity index (χ0) is 20.0. The molecule has 2 aromatic carbocycles. The number of rotatable bonds is 9. The molecule has 0 radical (unpaired) electrons. The standard InChI is InChI=1S/C18H20FNO6S/c1-3-25-15-8-5-12(9-16(15)26-4-2)11-20-27(23,24)17-10-13(18(21)22)6-7-14(17)19/h5-10,20H,3-4,11H2,1-2H3,(H,21,22). The van der Waals surface area contributed by atoms with Gasteiger partial charge in [0.2, 0.25) is 10.0 Å². The summed E-state index contributed by atoms with van der Waals surface area (Å²) in [7, 11) is -4.25. The monoisotopic (exact) mass is 397 g/mol. The largest absolute Gasteiger partial charge is 0.490 e. The highest BCUT2D eigenvalue weighted by atomic mass is 32.2. The SMILES string of the molecule is CCOc1ccc(CNS(=O)(=O)c2cc(C(=O)O)ccc2F)cc1OCC. The summed E-state index contributed by atoms with van der Waals surface area (Å²) in [6, 6.07) is 7.52. The van der Waals surface area contributed by atoms with E-state index in [1.165, 1.54) is 0 Å². The number of carboxylic acids is 1. The number of nitrogens with one attached hydrogen (secondary N) is 1. The van der Waals surface area contributed by atoms with Gasteiger partial charge in [-0.1, -0.05) is 6.07 Å². The van der Waals surface area contributed by atoms with Crippen molar-refractivity contribution in [3.8, 4) is 11.5 Å². The number of ether oxygens (including phenoxy) is 2. The van der Waals surface area contributed by atoms with Crippen molar-refractivity contribution >= 4 is 16.0 Å². The van der Waals surface area contributed by atoms with Crippen molar-refractivity contribution in [2.24, 2.45) is 0 Å². The fraction of sp³-hybridized carbons (Fsp3) is 0.278. The summed E-state index contributed by atoms with van der Waals surface area (Å²) in [6.07, 6.45) is 0. The van der Waals surface area contributed by atoms with Gasteiger partial charge in [0.05, 0.1) is 18.8 Å². The lowest BCUT2D eigenvalue weighted by Gasteiger charge is -2.13. The normalized spacial score (nSPS) is 11.2. The number of benzene rings is 2. The summed E-state index contributed by atoms with van der Waals surface area (Å²) >= 11 is 0. The molecule has 27 heavy (non-hydrogen) atoms. The molecule has 0 aromatic heterocycles. The van der Waals surface area contributed by atoms with Gasteiger partial charge in [-0.15, -0.1) is 0 Å². The Morgan fingerprint density at radius 2 is 1.74 bits per heavy atom. The lowest BCUT2D eigenvalue weighted by Crippen LogP contribution is -2.24. The van der Waals surface area contributed by atoms with Crippen LogP contribution in [0.3, 0.4) is 0 Å². The van der Waals surface area contributed by atoms with Crippen molar-refractivity contribution in [1.82, 2.24) is 4.72 Å².